The predicted molar refractivity (Wildman–Crippen MR) is 136 cm³/mol. The number of fused-ring (bicyclic) bond motifs is 1. The van der Waals surface area contributed by atoms with Crippen LogP contribution in [0.1, 0.15) is 79.1 Å². The van der Waals surface area contributed by atoms with Gasteiger partial charge in [0.1, 0.15) is 29.8 Å². The number of rotatable bonds is 7. The fourth-order valence-electron chi connectivity index (χ4n) is 5.68. The summed E-state index contributed by atoms with van der Waals surface area (Å²) in [6.45, 7) is 4.20. The average molecular weight is 528 g/mol. The molecular weight excluding hydrogens is 493 g/mol. The van der Waals surface area contributed by atoms with Gasteiger partial charge in [-0.15, -0.1) is 0 Å². The quantitative estimate of drug-likeness (QED) is 0.429. The van der Waals surface area contributed by atoms with E-state index in [4.69, 9.17) is 9.26 Å². The van der Waals surface area contributed by atoms with Gasteiger partial charge in [0.15, 0.2) is 5.82 Å². The number of nitrogens with one attached hydrogen (secondary N) is 2. The van der Waals surface area contributed by atoms with Crippen molar-refractivity contribution in [2.75, 3.05) is 26.4 Å². The van der Waals surface area contributed by atoms with Gasteiger partial charge in [-0.05, 0) is 37.2 Å². The van der Waals surface area contributed by atoms with Crippen LogP contribution in [0.2, 0.25) is 0 Å². The zero-order valence-electron chi connectivity index (χ0n) is 21.7. The Bertz CT molecular complexity index is 1300. The Kier molecular flexibility index (Phi) is 7.75. The Labute approximate surface area is 219 Å². The molecule has 5 rings (SSSR count). The summed E-state index contributed by atoms with van der Waals surface area (Å²) in [7, 11) is 0. The average Bonchev–Trinajstić information content (AvgIpc) is 3.60. The molecule has 38 heavy (non-hydrogen) atoms. The number of amides is 2. The molecule has 2 fully saturated rings. The lowest BCUT2D eigenvalue weighted by molar-refractivity contribution is -0.143. The zero-order chi connectivity index (χ0) is 26.8. The fourth-order valence-corrected chi connectivity index (χ4v) is 5.68. The lowest BCUT2D eigenvalue weighted by Gasteiger charge is -2.35. The van der Waals surface area contributed by atoms with E-state index in [0.29, 0.717) is 41.5 Å². The van der Waals surface area contributed by atoms with E-state index < -0.39 is 30.4 Å². The van der Waals surface area contributed by atoms with E-state index in [0.717, 1.165) is 25.7 Å². The molecule has 2 amide bonds. The number of aryl methyl sites for hydroxylation is 1. The van der Waals surface area contributed by atoms with Crippen molar-refractivity contribution in [1.29, 1.82) is 0 Å². The van der Waals surface area contributed by atoms with Crippen LogP contribution in [0.15, 0.2) is 22.9 Å². The normalized spacial score (nSPS) is 22.9. The molecular formula is C27H34FN5O5. The van der Waals surface area contributed by atoms with Crippen LogP contribution in [0.4, 0.5) is 4.39 Å². The molecule has 0 radical (unpaired) electrons. The highest BCUT2D eigenvalue weighted by Gasteiger charge is 2.34. The van der Waals surface area contributed by atoms with E-state index in [9.17, 15) is 14.7 Å². The standard InChI is InChI=1S/C27H34FN5O5/c1-3-19-18(13-38-32-19)27(36)31-24(16-6-4-15(2)5-7-16)26-29-20-9-8-17(23(28)25(20)30-26)21-14-37-11-10-33(21)22(35)12-34/h8-9,13,15-16,21,24,34H,3-7,10-12,14H2,1-2H3,(H,29,30)(H,31,36)/t15?,16?,21?,24-/m0/s1. The molecule has 3 heterocycles. The first kappa shape index (κ1) is 26.3. The monoisotopic (exact) mass is 527 g/mol. The molecule has 0 bridgehead atoms. The maximum Gasteiger partial charge on any atom is 0.257 e. The molecule has 10 nitrogen and oxygen atoms in total. The second-order valence-electron chi connectivity index (χ2n) is 10.3. The highest BCUT2D eigenvalue weighted by Crippen LogP contribution is 2.38. The van der Waals surface area contributed by atoms with Crippen LogP contribution in [-0.2, 0) is 16.0 Å². The molecule has 1 saturated carbocycles. The molecule has 2 aromatic heterocycles. The van der Waals surface area contributed by atoms with Gasteiger partial charge in [-0.3, -0.25) is 9.59 Å². The van der Waals surface area contributed by atoms with Crippen molar-refractivity contribution in [2.45, 2.75) is 58.0 Å². The van der Waals surface area contributed by atoms with Crippen molar-refractivity contribution in [1.82, 2.24) is 25.3 Å². The van der Waals surface area contributed by atoms with Crippen LogP contribution < -0.4 is 5.32 Å². The number of morpholine rings is 1. The number of aromatic amines is 1. The van der Waals surface area contributed by atoms with Crippen LogP contribution in [-0.4, -0.2) is 63.3 Å². The summed E-state index contributed by atoms with van der Waals surface area (Å²) >= 11 is 0. The Morgan fingerprint density at radius 1 is 1.29 bits per heavy atom. The number of carbonyl (C=O) groups excluding carboxylic acids is 2. The molecule has 1 aliphatic carbocycles. The van der Waals surface area contributed by atoms with Gasteiger partial charge in [0.05, 0.1) is 36.5 Å². The summed E-state index contributed by atoms with van der Waals surface area (Å²) in [6, 6.07) is 2.24. The van der Waals surface area contributed by atoms with Crippen molar-refractivity contribution < 1.29 is 28.3 Å². The first-order valence-electron chi connectivity index (χ1n) is 13.3. The van der Waals surface area contributed by atoms with Crippen LogP contribution >= 0.6 is 0 Å². The fraction of sp³-hybridized carbons (Fsp3) is 0.556. The maximum absolute atomic E-state index is 15.9. The number of carbonyl (C=O) groups is 2. The number of hydrogen-bond acceptors (Lipinski definition) is 7. The van der Waals surface area contributed by atoms with Crippen LogP contribution in [0.25, 0.3) is 11.0 Å². The Balaban J connectivity index is 1.49. The highest BCUT2D eigenvalue weighted by molar-refractivity contribution is 5.95. The molecule has 3 aromatic rings. The number of benzene rings is 1. The lowest BCUT2D eigenvalue weighted by Crippen LogP contribution is -2.44. The number of ether oxygens (including phenoxy) is 1. The van der Waals surface area contributed by atoms with Crippen molar-refractivity contribution in [3.05, 3.63) is 46.9 Å². The van der Waals surface area contributed by atoms with E-state index >= 15 is 4.39 Å². The molecule has 0 spiro atoms. The van der Waals surface area contributed by atoms with Crippen LogP contribution in [0.3, 0.4) is 0 Å². The molecule has 11 heteroatoms. The Hall–Kier alpha value is -3.31. The van der Waals surface area contributed by atoms with Gasteiger partial charge >= 0.3 is 0 Å². The third-order valence-corrected chi connectivity index (χ3v) is 7.92. The van der Waals surface area contributed by atoms with Crippen molar-refractivity contribution in [3.8, 4) is 0 Å². The highest BCUT2D eigenvalue weighted by atomic mass is 19.1. The second-order valence-corrected chi connectivity index (χ2v) is 10.3. The van der Waals surface area contributed by atoms with Gasteiger partial charge in [-0.25, -0.2) is 9.37 Å². The minimum absolute atomic E-state index is 0.128. The van der Waals surface area contributed by atoms with Gasteiger partial charge in [-0.2, -0.15) is 0 Å². The van der Waals surface area contributed by atoms with Gasteiger partial charge in [0, 0.05) is 12.1 Å². The molecule has 2 aliphatic rings. The third-order valence-electron chi connectivity index (χ3n) is 7.92. The minimum atomic E-state index is -0.663. The summed E-state index contributed by atoms with van der Waals surface area (Å²) in [5.41, 5.74) is 1.89. The summed E-state index contributed by atoms with van der Waals surface area (Å²) in [5.74, 6) is -0.0914. The number of aliphatic hydroxyl groups excluding tert-OH is 1. The zero-order valence-corrected chi connectivity index (χ0v) is 21.7. The summed E-state index contributed by atoms with van der Waals surface area (Å²) in [5, 5.41) is 16.4. The van der Waals surface area contributed by atoms with Gasteiger partial charge < -0.3 is 29.6 Å². The number of hydrogen-bond donors (Lipinski definition) is 3. The summed E-state index contributed by atoms with van der Waals surface area (Å²) in [4.78, 5) is 34.9. The number of imidazole rings is 1. The minimum Gasteiger partial charge on any atom is -0.387 e. The SMILES string of the molecule is CCc1nocc1C(=O)N[C@H](c1nc2c(F)c(C3COCCN3C(=O)CO)ccc2[nH]1)C1CCC(C)CC1. The molecule has 1 unspecified atom stereocenters. The van der Waals surface area contributed by atoms with E-state index in [1.54, 1.807) is 12.1 Å². The maximum atomic E-state index is 15.9. The number of aromatic nitrogens is 3. The van der Waals surface area contributed by atoms with Crippen molar-refractivity contribution in [3.63, 3.8) is 0 Å². The number of H-pyrrole nitrogens is 1. The number of nitrogens with zero attached hydrogens (tertiary/aromatic N) is 3. The Morgan fingerprint density at radius 2 is 2.08 bits per heavy atom. The van der Waals surface area contributed by atoms with Crippen molar-refractivity contribution >= 4 is 22.8 Å². The molecule has 1 aliphatic heterocycles. The number of aliphatic hydroxyl groups is 1. The second kappa shape index (κ2) is 11.2. The van der Waals surface area contributed by atoms with Crippen molar-refractivity contribution in [2.24, 2.45) is 11.8 Å². The van der Waals surface area contributed by atoms with Gasteiger partial charge in [0.2, 0.25) is 5.91 Å². The first-order chi connectivity index (χ1) is 18.4. The molecule has 1 saturated heterocycles. The van der Waals surface area contributed by atoms with Gasteiger partial charge in [-0.1, -0.05) is 37.9 Å². The molecule has 3 N–H and O–H groups in total. The van der Waals surface area contributed by atoms with Crippen LogP contribution in [0.5, 0.6) is 0 Å². The predicted octanol–water partition coefficient (Wildman–Crippen LogP) is 3.44. The summed E-state index contributed by atoms with van der Waals surface area (Å²) in [6.07, 6.45) is 5.82. The molecule has 2 atom stereocenters. The van der Waals surface area contributed by atoms with E-state index in [1.165, 1.54) is 11.2 Å². The third kappa shape index (κ3) is 5.04. The largest absolute Gasteiger partial charge is 0.387 e. The topological polar surface area (TPSA) is 134 Å². The molecule has 1 aromatic carbocycles. The Morgan fingerprint density at radius 3 is 2.82 bits per heavy atom. The molecule has 204 valence electrons. The first-order valence-corrected chi connectivity index (χ1v) is 13.3. The summed E-state index contributed by atoms with van der Waals surface area (Å²) < 4.78 is 26.5. The van der Waals surface area contributed by atoms with Crippen LogP contribution in [0, 0.1) is 17.7 Å². The number of halogens is 1. The smallest absolute Gasteiger partial charge is 0.257 e. The van der Waals surface area contributed by atoms with E-state index in [2.05, 4.69) is 27.4 Å². The van der Waals surface area contributed by atoms with E-state index in [-0.39, 0.29) is 36.1 Å². The van der Waals surface area contributed by atoms with Gasteiger partial charge in [0.25, 0.3) is 5.91 Å². The lowest BCUT2D eigenvalue weighted by atomic mass is 9.79. The van der Waals surface area contributed by atoms with E-state index in [1.807, 2.05) is 6.92 Å².